The van der Waals surface area contributed by atoms with E-state index >= 15 is 0 Å². The van der Waals surface area contributed by atoms with Gasteiger partial charge in [0.15, 0.2) is 0 Å². The second-order valence-corrected chi connectivity index (χ2v) is 5.91. The van der Waals surface area contributed by atoms with Crippen molar-refractivity contribution in [1.29, 1.82) is 0 Å². The molecule has 0 saturated carbocycles. The van der Waals surface area contributed by atoms with Crippen LogP contribution in [0.3, 0.4) is 0 Å². The van der Waals surface area contributed by atoms with Crippen LogP contribution in [0, 0.1) is 5.92 Å². The van der Waals surface area contributed by atoms with Gasteiger partial charge >= 0.3 is 5.97 Å². The largest absolute Gasteiger partial charge is 0.480 e. The second kappa shape index (κ2) is 6.72. The maximum absolute atomic E-state index is 12.6. The van der Waals surface area contributed by atoms with Gasteiger partial charge in [-0.25, -0.2) is 0 Å². The number of aliphatic carboxylic acids is 1. The Morgan fingerprint density at radius 2 is 2.00 bits per heavy atom. The summed E-state index contributed by atoms with van der Waals surface area (Å²) in [7, 11) is 0. The molecule has 1 heterocycles. The van der Waals surface area contributed by atoms with Gasteiger partial charge in [0, 0.05) is 13.1 Å². The van der Waals surface area contributed by atoms with E-state index in [0.29, 0.717) is 19.5 Å². The van der Waals surface area contributed by atoms with Gasteiger partial charge in [0.1, 0.15) is 6.54 Å². The highest BCUT2D eigenvalue weighted by molar-refractivity contribution is 5.86. The number of fused-ring (bicyclic) bond motifs is 1. The fraction of sp³-hybridized carbons (Fsp3) is 0.500. The molecular weight excluding hydrogens is 268 g/mol. The van der Waals surface area contributed by atoms with Crippen LogP contribution in [0.2, 0.25) is 0 Å². The highest BCUT2D eigenvalue weighted by atomic mass is 16.4. The van der Waals surface area contributed by atoms with Crippen LogP contribution in [0.15, 0.2) is 24.3 Å². The Labute approximate surface area is 125 Å². The van der Waals surface area contributed by atoms with Crippen LogP contribution in [-0.4, -0.2) is 41.0 Å². The number of carboxylic acid groups (broad SMARTS) is 1. The first kappa shape index (κ1) is 15.5. The van der Waals surface area contributed by atoms with E-state index in [2.05, 4.69) is 5.32 Å². The van der Waals surface area contributed by atoms with Crippen molar-refractivity contribution >= 4 is 11.9 Å². The van der Waals surface area contributed by atoms with Crippen LogP contribution in [0.4, 0.5) is 0 Å². The number of amides is 1. The van der Waals surface area contributed by atoms with Crippen LogP contribution in [0.25, 0.3) is 0 Å². The maximum Gasteiger partial charge on any atom is 0.323 e. The summed E-state index contributed by atoms with van der Waals surface area (Å²) < 4.78 is 0. The number of benzene rings is 1. The highest BCUT2D eigenvalue weighted by Crippen LogP contribution is 2.17. The molecule has 0 aromatic heterocycles. The molecule has 5 heteroatoms. The summed E-state index contributed by atoms with van der Waals surface area (Å²) in [6.07, 6.45) is 0.614. The first-order valence-corrected chi connectivity index (χ1v) is 7.28. The van der Waals surface area contributed by atoms with Crippen LogP contribution < -0.4 is 5.32 Å². The number of carboxylic acids is 1. The number of nitrogens with zero attached hydrogens (tertiary/aromatic N) is 1. The topological polar surface area (TPSA) is 69.6 Å². The summed E-state index contributed by atoms with van der Waals surface area (Å²) in [6.45, 7) is 4.83. The molecule has 0 bridgehead atoms. The maximum atomic E-state index is 12.6. The monoisotopic (exact) mass is 290 g/mol. The van der Waals surface area contributed by atoms with Crippen molar-refractivity contribution in [3.05, 3.63) is 35.4 Å². The molecule has 0 radical (unpaired) electrons. The normalized spacial score (nSPS) is 17.4. The standard InChI is InChI=1S/C16H22N2O3/c1-11(2)9-18(10-15(19)20)16(21)14-7-12-5-3-4-6-13(12)8-17-14/h3-6,11,14,17H,7-10H2,1-2H3,(H,19,20). The zero-order chi connectivity index (χ0) is 15.4. The van der Waals surface area contributed by atoms with Crippen molar-refractivity contribution in [1.82, 2.24) is 10.2 Å². The Kier molecular flexibility index (Phi) is 4.96. The Balaban J connectivity index is 2.09. The predicted octanol–water partition coefficient (Wildman–Crippen LogP) is 1.27. The molecular formula is C16H22N2O3. The minimum absolute atomic E-state index is 0.124. The van der Waals surface area contributed by atoms with Gasteiger partial charge in [-0.3, -0.25) is 9.59 Å². The van der Waals surface area contributed by atoms with E-state index in [9.17, 15) is 9.59 Å². The minimum Gasteiger partial charge on any atom is -0.480 e. The van der Waals surface area contributed by atoms with Crippen molar-refractivity contribution in [2.24, 2.45) is 5.92 Å². The van der Waals surface area contributed by atoms with Crippen molar-refractivity contribution in [3.8, 4) is 0 Å². The van der Waals surface area contributed by atoms with E-state index in [0.717, 1.165) is 5.56 Å². The van der Waals surface area contributed by atoms with Gasteiger partial charge in [-0.1, -0.05) is 38.1 Å². The quantitative estimate of drug-likeness (QED) is 0.857. The fourth-order valence-electron chi connectivity index (χ4n) is 2.69. The van der Waals surface area contributed by atoms with Crippen molar-refractivity contribution in [2.45, 2.75) is 32.9 Å². The molecule has 0 fully saturated rings. The zero-order valence-corrected chi connectivity index (χ0v) is 12.5. The molecule has 1 unspecified atom stereocenters. The lowest BCUT2D eigenvalue weighted by atomic mass is 9.95. The molecule has 1 amide bonds. The molecule has 2 N–H and O–H groups in total. The summed E-state index contributed by atoms with van der Waals surface area (Å²) in [4.78, 5) is 25.0. The molecule has 114 valence electrons. The van der Waals surface area contributed by atoms with Crippen molar-refractivity contribution in [3.63, 3.8) is 0 Å². The lowest BCUT2D eigenvalue weighted by Crippen LogP contribution is -2.51. The number of rotatable bonds is 5. The average Bonchev–Trinajstić information content (AvgIpc) is 2.44. The smallest absolute Gasteiger partial charge is 0.323 e. The first-order valence-electron chi connectivity index (χ1n) is 7.28. The Morgan fingerprint density at radius 3 is 2.62 bits per heavy atom. The minimum atomic E-state index is -0.972. The molecule has 1 atom stereocenters. The van der Waals surface area contributed by atoms with E-state index in [1.165, 1.54) is 10.5 Å². The molecule has 1 aromatic carbocycles. The van der Waals surface area contributed by atoms with Gasteiger partial charge in [-0.2, -0.15) is 0 Å². The van der Waals surface area contributed by atoms with Crippen molar-refractivity contribution < 1.29 is 14.7 Å². The van der Waals surface area contributed by atoms with Gasteiger partial charge in [-0.05, 0) is 23.5 Å². The fourth-order valence-corrected chi connectivity index (χ4v) is 2.69. The van der Waals surface area contributed by atoms with E-state index in [1.807, 2.05) is 38.1 Å². The van der Waals surface area contributed by atoms with Gasteiger partial charge in [-0.15, -0.1) is 0 Å². The zero-order valence-electron chi connectivity index (χ0n) is 12.5. The predicted molar refractivity (Wildman–Crippen MR) is 79.8 cm³/mol. The SMILES string of the molecule is CC(C)CN(CC(=O)O)C(=O)C1Cc2ccccc2CN1. The molecule has 1 aromatic rings. The number of nitrogens with one attached hydrogen (secondary N) is 1. The molecule has 0 spiro atoms. The summed E-state index contributed by atoms with van der Waals surface area (Å²) >= 11 is 0. The summed E-state index contributed by atoms with van der Waals surface area (Å²) in [5, 5.41) is 12.2. The van der Waals surface area contributed by atoms with Gasteiger partial charge in [0.05, 0.1) is 6.04 Å². The summed E-state index contributed by atoms with van der Waals surface area (Å²) in [5.41, 5.74) is 2.37. The third-order valence-electron chi connectivity index (χ3n) is 3.60. The van der Waals surface area contributed by atoms with E-state index in [4.69, 9.17) is 5.11 Å². The number of hydrogen-bond acceptors (Lipinski definition) is 3. The molecule has 0 aliphatic carbocycles. The lowest BCUT2D eigenvalue weighted by Gasteiger charge is -2.31. The highest BCUT2D eigenvalue weighted by Gasteiger charge is 2.29. The second-order valence-electron chi connectivity index (χ2n) is 5.91. The molecule has 21 heavy (non-hydrogen) atoms. The molecule has 2 rings (SSSR count). The van der Waals surface area contributed by atoms with Crippen LogP contribution in [0.5, 0.6) is 0 Å². The van der Waals surface area contributed by atoms with E-state index in [1.54, 1.807) is 0 Å². The lowest BCUT2D eigenvalue weighted by molar-refractivity contribution is -0.145. The third-order valence-corrected chi connectivity index (χ3v) is 3.60. The molecule has 1 aliphatic rings. The Bertz CT molecular complexity index is 528. The first-order chi connectivity index (χ1) is 9.97. The molecule has 5 nitrogen and oxygen atoms in total. The third kappa shape index (κ3) is 4.04. The van der Waals surface area contributed by atoms with Crippen molar-refractivity contribution in [2.75, 3.05) is 13.1 Å². The molecule has 1 aliphatic heterocycles. The molecule has 0 saturated heterocycles. The van der Waals surface area contributed by atoms with Gasteiger partial charge in [0.2, 0.25) is 5.91 Å². The summed E-state index contributed by atoms with van der Waals surface area (Å²) in [6, 6.07) is 7.69. The Hall–Kier alpha value is -1.88. The van der Waals surface area contributed by atoms with Gasteiger partial charge < -0.3 is 15.3 Å². The number of carbonyl (C=O) groups is 2. The van der Waals surface area contributed by atoms with Crippen LogP contribution in [-0.2, 0) is 22.6 Å². The van der Waals surface area contributed by atoms with Gasteiger partial charge in [0.25, 0.3) is 0 Å². The number of hydrogen-bond donors (Lipinski definition) is 2. The summed E-state index contributed by atoms with van der Waals surface area (Å²) in [5.74, 6) is -0.856. The van der Waals surface area contributed by atoms with E-state index < -0.39 is 5.97 Å². The van der Waals surface area contributed by atoms with Crippen LogP contribution >= 0.6 is 0 Å². The number of carbonyl (C=O) groups excluding carboxylic acids is 1. The van der Waals surface area contributed by atoms with Crippen LogP contribution in [0.1, 0.15) is 25.0 Å². The Morgan fingerprint density at radius 1 is 1.33 bits per heavy atom. The average molecular weight is 290 g/mol. The van der Waals surface area contributed by atoms with E-state index in [-0.39, 0.29) is 24.4 Å².